The van der Waals surface area contributed by atoms with Crippen molar-refractivity contribution >= 4 is 39.4 Å². The highest BCUT2D eigenvalue weighted by Crippen LogP contribution is 2.36. The monoisotopic (exact) mass is 481 g/mol. The van der Waals surface area contributed by atoms with Crippen LogP contribution in [0.1, 0.15) is 0 Å². The zero-order valence-electron chi connectivity index (χ0n) is 19.7. The van der Waals surface area contributed by atoms with Crippen molar-refractivity contribution in [1.82, 2.24) is 0 Å². The molecule has 6 aromatic carbocycles. The summed E-state index contributed by atoms with van der Waals surface area (Å²) in [4.78, 5) is 2.29. The van der Waals surface area contributed by atoms with Gasteiger partial charge in [-0.25, -0.2) is 0 Å². The number of fused-ring (bicyclic) bond motifs is 1. The van der Waals surface area contributed by atoms with Crippen LogP contribution in [-0.4, -0.2) is 0 Å². The van der Waals surface area contributed by atoms with Crippen molar-refractivity contribution in [2.75, 3.05) is 4.90 Å². The standard InChI is InChI=1S/C34H24ClN/c35-31-18-12-26(13-19-31)27-14-20-33(21-15-27)36(32-8-2-1-3-9-32)34-22-16-28(17-23-34)30-11-10-25-6-4-5-7-29(25)24-30/h1-24H. The van der Waals surface area contributed by atoms with Crippen molar-refractivity contribution in [3.8, 4) is 22.3 Å². The van der Waals surface area contributed by atoms with E-state index in [-0.39, 0.29) is 0 Å². The summed E-state index contributed by atoms with van der Waals surface area (Å²) in [6, 6.07) is 51.1. The number of hydrogen-bond acceptors (Lipinski definition) is 1. The summed E-state index contributed by atoms with van der Waals surface area (Å²) in [6.07, 6.45) is 0. The van der Waals surface area contributed by atoms with Gasteiger partial charge in [-0.3, -0.25) is 0 Å². The second-order valence-corrected chi connectivity index (χ2v) is 9.27. The van der Waals surface area contributed by atoms with E-state index in [1.165, 1.54) is 21.9 Å². The van der Waals surface area contributed by atoms with Crippen molar-refractivity contribution in [1.29, 1.82) is 0 Å². The van der Waals surface area contributed by atoms with Crippen LogP contribution in [0.5, 0.6) is 0 Å². The van der Waals surface area contributed by atoms with Gasteiger partial charge in [0, 0.05) is 22.1 Å². The Balaban J connectivity index is 1.35. The summed E-state index contributed by atoms with van der Waals surface area (Å²) >= 11 is 6.07. The topological polar surface area (TPSA) is 3.24 Å². The highest BCUT2D eigenvalue weighted by molar-refractivity contribution is 6.30. The molecule has 36 heavy (non-hydrogen) atoms. The zero-order chi connectivity index (χ0) is 24.3. The number of halogens is 1. The smallest absolute Gasteiger partial charge is 0.0462 e. The molecule has 0 atom stereocenters. The van der Waals surface area contributed by atoms with Crippen LogP contribution in [0.15, 0.2) is 146 Å². The first kappa shape index (κ1) is 22.2. The molecule has 1 nitrogen and oxygen atoms in total. The van der Waals surface area contributed by atoms with Crippen molar-refractivity contribution < 1.29 is 0 Å². The van der Waals surface area contributed by atoms with Crippen LogP contribution in [0.25, 0.3) is 33.0 Å². The number of para-hydroxylation sites is 1. The number of nitrogens with zero attached hydrogens (tertiary/aromatic N) is 1. The molecule has 0 spiro atoms. The Labute approximate surface area is 216 Å². The quantitative estimate of drug-likeness (QED) is 0.236. The average molecular weight is 482 g/mol. The lowest BCUT2D eigenvalue weighted by atomic mass is 10.0. The Bertz CT molecular complexity index is 1600. The molecule has 0 aliphatic rings. The fourth-order valence-corrected chi connectivity index (χ4v) is 4.77. The van der Waals surface area contributed by atoms with Crippen molar-refractivity contribution in [3.05, 3.63) is 151 Å². The van der Waals surface area contributed by atoms with E-state index in [9.17, 15) is 0 Å². The van der Waals surface area contributed by atoms with Crippen LogP contribution in [0.3, 0.4) is 0 Å². The second-order valence-electron chi connectivity index (χ2n) is 8.83. The second kappa shape index (κ2) is 9.73. The molecule has 0 amide bonds. The van der Waals surface area contributed by atoms with Gasteiger partial charge in [-0.2, -0.15) is 0 Å². The van der Waals surface area contributed by atoms with E-state index in [1.54, 1.807) is 0 Å². The minimum absolute atomic E-state index is 0.748. The van der Waals surface area contributed by atoms with E-state index < -0.39 is 0 Å². The average Bonchev–Trinajstić information content (AvgIpc) is 2.95. The molecule has 172 valence electrons. The van der Waals surface area contributed by atoms with Gasteiger partial charge in [-0.1, -0.05) is 103 Å². The third kappa shape index (κ3) is 4.49. The molecule has 0 N–H and O–H groups in total. The summed E-state index contributed by atoms with van der Waals surface area (Å²) < 4.78 is 0. The molecule has 0 aliphatic heterocycles. The van der Waals surface area contributed by atoms with E-state index in [1.807, 2.05) is 18.2 Å². The number of rotatable bonds is 5. The Kier molecular flexibility index (Phi) is 5.99. The molecule has 2 heteroatoms. The van der Waals surface area contributed by atoms with Crippen molar-refractivity contribution in [2.24, 2.45) is 0 Å². The molecular formula is C34H24ClN. The third-order valence-corrected chi connectivity index (χ3v) is 6.78. The molecule has 0 saturated carbocycles. The van der Waals surface area contributed by atoms with Crippen LogP contribution < -0.4 is 4.90 Å². The normalized spacial score (nSPS) is 10.9. The molecule has 0 bridgehead atoms. The van der Waals surface area contributed by atoms with E-state index in [0.717, 1.165) is 33.2 Å². The van der Waals surface area contributed by atoms with Gasteiger partial charge in [-0.15, -0.1) is 0 Å². The van der Waals surface area contributed by atoms with Crippen LogP contribution in [0, 0.1) is 0 Å². The largest absolute Gasteiger partial charge is 0.311 e. The maximum atomic E-state index is 6.07. The van der Waals surface area contributed by atoms with Gasteiger partial charge in [0.15, 0.2) is 0 Å². The van der Waals surface area contributed by atoms with Crippen molar-refractivity contribution in [3.63, 3.8) is 0 Å². The van der Waals surface area contributed by atoms with Crippen LogP contribution >= 0.6 is 11.6 Å². The summed E-state index contributed by atoms with van der Waals surface area (Å²) in [7, 11) is 0. The summed E-state index contributed by atoms with van der Waals surface area (Å²) in [5.41, 5.74) is 8.08. The van der Waals surface area contributed by atoms with E-state index >= 15 is 0 Å². The minimum Gasteiger partial charge on any atom is -0.311 e. The van der Waals surface area contributed by atoms with Gasteiger partial charge in [-0.05, 0) is 87.6 Å². The molecule has 0 unspecified atom stereocenters. The van der Waals surface area contributed by atoms with E-state index in [0.29, 0.717) is 0 Å². The molecule has 6 rings (SSSR count). The zero-order valence-corrected chi connectivity index (χ0v) is 20.4. The van der Waals surface area contributed by atoms with Gasteiger partial charge in [0.2, 0.25) is 0 Å². The molecule has 6 aromatic rings. The summed E-state index contributed by atoms with van der Waals surface area (Å²) in [5, 5.41) is 3.26. The van der Waals surface area contributed by atoms with E-state index in [4.69, 9.17) is 11.6 Å². The lowest BCUT2D eigenvalue weighted by Crippen LogP contribution is -2.09. The van der Waals surface area contributed by atoms with Crippen molar-refractivity contribution in [2.45, 2.75) is 0 Å². The van der Waals surface area contributed by atoms with Gasteiger partial charge in [0.1, 0.15) is 0 Å². The van der Waals surface area contributed by atoms with Gasteiger partial charge in [0.25, 0.3) is 0 Å². The fourth-order valence-electron chi connectivity index (χ4n) is 4.64. The number of anilines is 3. The highest BCUT2D eigenvalue weighted by atomic mass is 35.5. The first-order valence-electron chi connectivity index (χ1n) is 12.0. The Morgan fingerprint density at radius 1 is 0.361 bits per heavy atom. The lowest BCUT2D eigenvalue weighted by Gasteiger charge is -2.26. The predicted octanol–water partition coefficient (Wildman–Crippen LogP) is 10.3. The number of benzene rings is 6. The minimum atomic E-state index is 0.748. The molecule has 0 fully saturated rings. The third-order valence-electron chi connectivity index (χ3n) is 6.53. The predicted molar refractivity (Wildman–Crippen MR) is 155 cm³/mol. The Morgan fingerprint density at radius 2 is 0.806 bits per heavy atom. The molecule has 0 aliphatic carbocycles. The molecule has 0 aromatic heterocycles. The van der Waals surface area contributed by atoms with Gasteiger partial charge >= 0.3 is 0 Å². The lowest BCUT2D eigenvalue weighted by molar-refractivity contribution is 1.28. The molecule has 0 heterocycles. The molecule has 0 saturated heterocycles. The summed E-state index contributed by atoms with van der Waals surface area (Å²) in [5.74, 6) is 0. The first-order chi connectivity index (χ1) is 17.7. The number of hydrogen-bond donors (Lipinski definition) is 0. The first-order valence-corrected chi connectivity index (χ1v) is 12.4. The summed E-state index contributed by atoms with van der Waals surface area (Å²) in [6.45, 7) is 0. The maximum Gasteiger partial charge on any atom is 0.0462 e. The fraction of sp³-hybridized carbons (Fsp3) is 0. The van der Waals surface area contributed by atoms with E-state index in [2.05, 4.69) is 132 Å². The SMILES string of the molecule is Clc1ccc(-c2ccc(N(c3ccccc3)c3ccc(-c4ccc5ccccc5c4)cc3)cc2)cc1. The Morgan fingerprint density at radius 3 is 1.42 bits per heavy atom. The van der Waals surface area contributed by atoms with Gasteiger partial charge in [0.05, 0.1) is 0 Å². The maximum absolute atomic E-state index is 6.07. The van der Waals surface area contributed by atoms with Crippen LogP contribution in [0.2, 0.25) is 5.02 Å². The molecule has 0 radical (unpaired) electrons. The highest BCUT2D eigenvalue weighted by Gasteiger charge is 2.13. The van der Waals surface area contributed by atoms with Crippen LogP contribution in [-0.2, 0) is 0 Å². The van der Waals surface area contributed by atoms with Crippen LogP contribution in [0.4, 0.5) is 17.1 Å². The molecular weight excluding hydrogens is 458 g/mol. The van der Waals surface area contributed by atoms with Gasteiger partial charge < -0.3 is 4.90 Å². The Hall–Kier alpha value is -4.33.